The molecule has 0 atom stereocenters. The highest BCUT2D eigenvalue weighted by Crippen LogP contribution is 2.19. The Kier molecular flexibility index (Phi) is 5.16. The van der Waals surface area contributed by atoms with Gasteiger partial charge in [0, 0.05) is 12.2 Å². The van der Waals surface area contributed by atoms with Gasteiger partial charge < -0.3 is 15.2 Å². The molecule has 0 saturated carbocycles. The minimum absolute atomic E-state index is 0.214. The van der Waals surface area contributed by atoms with Gasteiger partial charge in [0.25, 0.3) is 0 Å². The molecule has 0 aliphatic carbocycles. The van der Waals surface area contributed by atoms with Crippen molar-refractivity contribution in [3.63, 3.8) is 0 Å². The van der Waals surface area contributed by atoms with Crippen LogP contribution in [0.4, 0.5) is 10.1 Å². The predicted octanol–water partition coefficient (Wildman–Crippen LogP) is 3.78. The third-order valence-corrected chi connectivity index (χ3v) is 3.36. The van der Waals surface area contributed by atoms with Gasteiger partial charge in [-0.3, -0.25) is 0 Å². The fraction of sp³-hybridized carbons (Fsp3) is 0.133. The van der Waals surface area contributed by atoms with Crippen molar-refractivity contribution in [2.45, 2.75) is 0 Å². The first kappa shape index (κ1) is 15.3. The van der Waals surface area contributed by atoms with Crippen molar-refractivity contribution in [3.8, 4) is 5.75 Å². The minimum atomic E-state index is -0.972. The van der Waals surface area contributed by atoms with Gasteiger partial charge in [-0.1, -0.05) is 0 Å². The van der Waals surface area contributed by atoms with Crippen molar-refractivity contribution in [1.29, 1.82) is 0 Å². The molecular formula is C15H13BrFNO3. The summed E-state index contributed by atoms with van der Waals surface area (Å²) in [4.78, 5) is 10.7. The molecule has 0 radical (unpaired) electrons. The summed E-state index contributed by atoms with van der Waals surface area (Å²) in [6, 6.07) is 10.9. The maximum Gasteiger partial charge on any atom is 0.335 e. The van der Waals surface area contributed by atoms with E-state index in [4.69, 9.17) is 9.84 Å². The minimum Gasteiger partial charge on any atom is -0.492 e. The van der Waals surface area contributed by atoms with Gasteiger partial charge >= 0.3 is 5.97 Å². The Labute approximate surface area is 129 Å². The van der Waals surface area contributed by atoms with Crippen molar-refractivity contribution >= 4 is 27.6 Å². The Morgan fingerprint density at radius 3 is 2.57 bits per heavy atom. The Balaban J connectivity index is 1.79. The molecule has 0 heterocycles. The monoisotopic (exact) mass is 353 g/mol. The van der Waals surface area contributed by atoms with E-state index in [9.17, 15) is 9.18 Å². The van der Waals surface area contributed by atoms with Gasteiger partial charge in [0.15, 0.2) is 0 Å². The first-order valence-electron chi connectivity index (χ1n) is 6.21. The third kappa shape index (κ3) is 4.46. The zero-order valence-electron chi connectivity index (χ0n) is 11.0. The summed E-state index contributed by atoms with van der Waals surface area (Å²) in [6.07, 6.45) is 0. The van der Waals surface area contributed by atoms with Gasteiger partial charge in [-0.05, 0) is 58.4 Å². The highest BCUT2D eigenvalue weighted by molar-refractivity contribution is 9.10. The van der Waals surface area contributed by atoms with Crippen LogP contribution in [0.5, 0.6) is 5.75 Å². The molecule has 0 saturated heterocycles. The summed E-state index contributed by atoms with van der Waals surface area (Å²) in [5.41, 5.74) is 0.881. The zero-order valence-corrected chi connectivity index (χ0v) is 12.6. The zero-order chi connectivity index (χ0) is 15.2. The summed E-state index contributed by atoms with van der Waals surface area (Å²) >= 11 is 3.09. The summed E-state index contributed by atoms with van der Waals surface area (Å²) in [5, 5.41) is 11.8. The summed E-state index contributed by atoms with van der Waals surface area (Å²) in [5.74, 6) is -0.713. The molecule has 0 unspecified atom stereocenters. The number of anilines is 1. The van der Waals surface area contributed by atoms with E-state index in [0.29, 0.717) is 29.1 Å². The maximum absolute atomic E-state index is 13.3. The molecule has 2 rings (SSSR count). The number of nitrogens with one attached hydrogen (secondary N) is 1. The van der Waals surface area contributed by atoms with Crippen LogP contribution in [0, 0.1) is 5.82 Å². The lowest BCUT2D eigenvalue weighted by molar-refractivity contribution is 0.0697. The predicted molar refractivity (Wildman–Crippen MR) is 81.5 cm³/mol. The molecule has 0 amide bonds. The van der Waals surface area contributed by atoms with Crippen LogP contribution in [-0.4, -0.2) is 24.2 Å². The van der Waals surface area contributed by atoms with Crippen LogP contribution < -0.4 is 10.1 Å². The van der Waals surface area contributed by atoms with E-state index >= 15 is 0 Å². The number of rotatable bonds is 6. The van der Waals surface area contributed by atoms with E-state index in [-0.39, 0.29) is 11.4 Å². The summed E-state index contributed by atoms with van der Waals surface area (Å²) in [6.45, 7) is 0.881. The van der Waals surface area contributed by atoms with Gasteiger partial charge in [-0.15, -0.1) is 0 Å². The number of benzene rings is 2. The lowest BCUT2D eigenvalue weighted by Gasteiger charge is -2.09. The van der Waals surface area contributed by atoms with Crippen LogP contribution in [0.3, 0.4) is 0 Å². The topological polar surface area (TPSA) is 58.6 Å². The second kappa shape index (κ2) is 7.08. The Morgan fingerprint density at radius 1 is 1.24 bits per heavy atom. The van der Waals surface area contributed by atoms with E-state index in [1.807, 2.05) is 0 Å². The fourth-order valence-corrected chi connectivity index (χ4v) is 1.91. The number of carboxylic acids is 1. The maximum atomic E-state index is 13.3. The Morgan fingerprint density at radius 2 is 1.95 bits per heavy atom. The van der Waals surface area contributed by atoms with E-state index in [1.165, 1.54) is 18.2 Å². The van der Waals surface area contributed by atoms with Crippen LogP contribution in [0.25, 0.3) is 0 Å². The molecular weight excluding hydrogens is 341 g/mol. The molecule has 0 aliphatic heterocycles. The molecule has 0 aromatic heterocycles. The molecule has 2 aromatic rings. The van der Waals surface area contributed by atoms with Crippen LogP contribution in [0.2, 0.25) is 0 Å². The van der Waals surface area contributed by atoms with E-state index in [1.54, 1.807) is 24.3 Å². The standard InChI is InChI=1S/C15H13BrFNO3/c16-13-6-3-11(9-14(13)17)18-7-8-21-12-4-1-10(2-5-12)15(19)20/h1-6,9,18H,7-8H2,(H,19,20). The van der Waals surface area contributed by atoms with Gasteiger partial charge in [-0.2, -0.15) is 0 Å². The number of ether oxygens (including phenoxy) is 1. The number of carboxylic acid groups (broad SMARTS) is 1. The van der Waals surface area contributed by atoms with E-state index in [0.717, 1.165) is 0 Å². The first-order valence-corrected chi connectivity index (χ1v) is 7.00. The van der Waals surface area contributed by atoms with E-state index in [2.05, 4.69) is 21.2 Å². The molecule has 4 nitrogen and oxygen atoms in total. The van der Waals surface area contributed by atoms with Crippen LogP contribution in [0.15, 0.2) is 46.9 Å². The lowest BCUT2D eigenvalue weighted by Crippen LogP contribution is -2.11. The molecule has 2 N–H and O–H groups in total. The smallest absolute Gasteiger partial charge is 0.335 e. The van der Waals surface area contributed by atoms with Gasteiger partial charge in [-0.25, -0.2) is 9.18 Å². The number of carbonyl (C=O) groups is 1. The quantitative estimate of drug-likeness (QED) is 0.776. The molecule has 110 valence electrons. The largest absolute Gasteiger partial charge is 0.492 e. The van der Waals surface area contributed by atoms with Crippen LogP contribution >= 0.6 is 15.9 Å². The number of hydrogen-bond donors (Lipinski definition) is 2. The Bertz CT molecular complexity index is 631. The molecule has 0 bridgehead atoms. The highest BCUT2D eigenvalue weighted by Gasteiger charge is 2.02. The number of halogens is 2. The van der Waals surface area contributed by atoms with Gasteiger partial charge in [0.1, 0.15) is 18.2 Å². The van der Waals surface area contributed by atoms with E-state index < -0.39 is 5.97 Å². The van der Waals surface area contributed by atoms with Gasteiger partial charge in [0.05, 0.1) is 10.0 Å². The van der Waals surface area contributed by atoms with Crippen molar-refractivity contribution < 1.29 is 19.0 Å². The molecule has 2 aromatic carbocycles. The second-order valence-corrected chi connectivity index (χ2v) is 5.09. The van der Waals surface area contributed by atoms with Crippen LogP contribution in [-0.2, 0) is 0 Å². The van der Waals surface area contributed by atoms with Crippen molar-refractivity contribution in [3.05, 3.63) is 58.3 Å². The summed E-state index contributed by atoms with van der Waals surface area (Å²) in [7, 11) is 0. The average molecular weight is 354 g/mol. The fourth-order valence-electron chi connectivity index (χ4n) is 1.66. The second-order valence-electron chi connectivity index (χ2n) is 4.23. The number of hydrogen-bond acceptors (Lipinski definition) is 3. The van der Waals surface area contributed by atoms with Crippen molar-refractivity contribution in [2.24, 2.45) is 0 Å². The van der Waals surface area contributed by atoms with Crippen molar-refractivity contribution in [1.82, 2.24) is 0 Å². The SMILES string of the molecule is O=C(O)c1ccc(OCCNc2ccc(Br)c(F)c2)cc1. The molecule has 21 heavy (non-hydrogen) atoms. The van der Waals surface area contributed by atoms with Gasteiger partial charge in [0.2, 0.25) is 0 Å². The molecule has 0 aliphatic rings. The van der Waals surface area contributed by atoms with Crippen LogP contribution in [0.1, 0.15) is 10.4 Å². The molecule has 6 heteroatoms. The molecule has 0 fully saturated rings. The lowest BCUT2D eigenvalue weighted by atomic mass is 10.2. The first-order chi connectivity index (χ1) is 10.1. The third-order valence-electron chi connectivity index (χ3n) is 2.72. The summed E-state index contributed by atoms with van der Waals surface area (Å²) < 4.78 is 19.2. The van der Waals surface area contributed by atoms with Crippen molar-refractivity contribution in [2.75, 3.05) is 18.5 Å². The molecule has 0 spiro atoms. The Hall–Kier alpha value is -2.08. The highest BCUT2D eigenvalue weighted by atomic mass is 79.9. The number of aromatic carboxylic acids is 1. The average Bonchev–Trinajstić information content (AvgIpc) is 2.47. The normalized spacial score (nSPS) is 10.2.